The van der Waals surface area contributed by atoms with Gasteiger partial charge in [-0.25, -0.2) is 0 Å². The Morgan fingerprint density at radius 2 is 1.55 bits per heavy atom. The number of esters is 2. The SMILES string of the molecule is COc1ccc(C2OCC(Cc3ccc(OC(C)=O)c(OC)c3)C2COC(C)=O)cc1OC. The monoisotopic (exact) mass is 458 g/mol. The van der Waals surface area contributed by atoms with E-state index in [1.807, 2.05) is 30.3 Å². The summed E-state index contributed by atoms with van der Waals surface area (Å²) in [6.07, 6.45) is 0.406. The van der Waals surface area contributed by atoms with Crippen molar-refractivity contribution in [1.29, 1.82) is 0 Å². The van der Waals surface area contributed by atoms with Crippen LogP contribution in [0, 0.1) is 11.8 Å². The number of carbonyl (C=O) groups excluding carboxylic acids is 2. The Morgan fingerprint density at radius 3 is 2.18 bits per heavy atom. The molecule has 1 fully saturated rings. The molecule has 0 saturated carbocycles. The fourth-order valence-corrected chi connectivity index (χ4v) is 4.12. The standard InChI is InChI=1S/C25H30O8/c1-15(26)31-14-20-19(10-17-6-8-22(33-16(2)27)23(11-17)29-4)13-32-25(20)18-7-9-21(28-3)24(12-18)30-5/h6-9,11-12,19-20,25H,10,13-14H2,1-5H3. The van der Waals surface area contributed by atoms with Gasteiger partial charge in [0.05, 0.1) is 40.6 Å². The van der Waals surface area contributed by atoms with E-state index in [4.69, 9.17) is 28.4 Å². The summed E-state index contributed by atoms with van der Waals surface area (Å²) in [5.74, 6) is 1.37. The van der Waals surface area contributed by atoms with Crippen molar-refractivity contribution in [2.75, 3.05) is 34.5 Å². The minimum atomic E-state index is -0.413. The highest BCUT2D eigenvalue weighted by Gasteiger charge is 2.39. The molecule has 0 amide bonds. The predicted molar refractivity (Wildman–Crippen MR) is 120 cm³/mol. The molecule has 3 rings (SSSR count). The average molecular weight is 459 g/mol. The average Bonchev–Trinajstić information content (AvgIpc) is 3.19. The van der Waals surface area contributed by atoms with Crippen LogP contribution in [-0.4, -0.2) is 46.5 Å². The van der Waals surface area contributed by atoms with E-state index in [1.165, 1.54) is 21.0 Å². The molecule has 0 bridgehead atoms. The fraction of sp³-hybridized carbons (Fsp3) is 0.440. The Bertz CT molecular complexity index is 986. The van der Waals surface area contributed by atoms with E-state index in [9.17, 15) is 9.59 Å². The number of benzene rings is 2. The highest BCUT2D eigenvalue weighted by atomic mass is 16.6. The van der Waals surface area contributed by atoms with Crippen molar-refractivity contribution in [2.24, 2.45) is 11.8 Å². The maximum absolute atomic E-state index is 11.5. The van der Waals surface area contributed by atoms with E-state index in [2.05, 4.69) is 0 Å². The van der Waals surface area contributed by atoms with Crippen LogP contribution in [0.5, 0.6) is 23.0 Å². The zero-order chi connectivity index (χ0) is 24.0. The van der Waals surface area contributed by atoms with E-state index in [0.717, 1.165) is 11.1 Å². The molecule has 2 aromatic carbocycles. The molecule has 0 N–H and O–H groups in total. The largest absolute Gasteiger partial charge is 0.493 e. The number of hydrogen-bond acceptors (Lipinski definition) is 8. The van der Waals surface area contributed by atoms with Crippen molar-refractivity contribution in [3.8, 4) is 23.0 Å². The summed E-state index contributed by atoms with van der Waals surface area (Å²) in [7, 11) is 4.70. The molecule has 8 heteroatoms. The Labute approximate surface area is 193 Å². The van der Waals surface area contributed by atoms with Crippen molar-refractivity contribution in [2.45, 2.75) is 26.4 Å². The van der Waals surface area contributed by atoms with Gasteiger partial charge in [-0.2, -0.15) is 0 Å². The fourth-order valence-electron chi connectivity index (χ4n) is 4.12. The molecule has 1 heterocycles. The van der Waals surface area contributed by atoms with E-state index >= 15 is 0 Å². The lowest BCUT2D eigenvalue weighted by molar-refractivity contribution is -0.143. The normalized spacial score (nSPS) is 19.6. The van der Waals surface area contributed by atoms with Gasteiger partial charge in [-0.1, -0.05) is 12.1 Å². The summed E-state index contributed by atoms with van der Waals surface area (Å²) in [6.45, 7) is 3.48. The lowest BCUT2D eigenvalue weighted by Gasteiger charge is -2.24. The molecule has 0 aliphatic carbocycles. The van der Waals surface area contributed by atoms with E-state index in [0.29, 0.717) is 36.0 Å². The summed E-state index contributed by atoms with van der Waals surface area (Å²) in [5.41, 5.74) is 1.92. The predicted octanol–water partition coefficient (Wildman–Crippen LogP) is 3.75. The first-order chi connectivity index (χ1) is 15.9. The van der Waals surface area contributed by atoms with Crippen LogP contribution in [0.15, 0.2) is 36.4 Å². The number of ether oxygens (including phenoxy) is 6. The van der Waals surface area contributed by atoms with E-state index in [1.54, 1.807) is 20.3 Å². The van der Waals surface area contributed by atoms with Crippen LogP contribution in [0.25, 0.3) is 0 Å². The number of hydrogen-bond donors (Lipinski definition) is 0. The van der Waals surface area contributed by atoms with Crippen LogP contribution >= 0.6 is 0 Å². The molecular weight excluding hydrogens is 428 g/mol. The first-order valence-electron chi connectivity index (χ1n) is 10.7. The van der Waals surface area contributed by atoms with Gasteiger partial charge in [0.25, 0.3) is 0 Å². The topological polar surface area (TPSA) is 89.5 Å². The second-order valence-electron chi connectivity index (χ2n) is 7.88. The quantitative estimate of drug-likeness (QED) is 0.415. The highest BCUT2D eigenvalue weighted by molar-refractivity contribution is 5.70. The Hall–Kier alpha value is -3.26. The molecule has 1 aliphatic rings. The smallest absolute Gasteiger partial charge is 0.308 e. The van der Waals surface area contributed by atoms with Crippen molar-refractivity contribution in [3.05, 3.63) is 47.5 Å². The highest BCUT2D eigenvalue weighted by Crippen LogP contribution is 2.43. The third-order valence-electron chi connectivity index (χ3n) is 5.68. The van der Waals surface area contributed by atoms with Crippen LogP contribution in [-0.2, 0) is 25.5 Å². The van der Waals surface area contributed by atoms with Crippen molar-refractivity contribution >= 4 is 11.9 Å². The minimum absolute atomic E-state index is 0.0638. The molecule has 178 valence electrons. The van der Waals surface area contributed by atoms with E-state index in [-0.39, 0.29) is 30.5 Å². The van der Waals surface area contributed by atoms with E-state index < -0.39 is 5.97 Å². The molecule has 0 spiro atoms. The molecule has 1 saturated heterocycles. The second-order valence-corrected chi connectivity index (χ2v) is 7.88. The second kappa shape index (κ2) is 11.0. The van der Waals surface area contributed by atoms with Gasteiger partial charge in [0.15, 0.2) is 23.0 Å². The zero-order valence-electron chi connectivity index (χ0n) is 19.6. The molecule has 2 aromatic rings. The van der Waals surface area contributed by atoms with Crippen molar-refractivity contribution in [3.63, 3.8) is 0 Å². The van der Waals surface area contributed by atoms with Crippen molar-refractivity contribution in [1.82, 2.24) is 0 Å². The molecule has 1 aliphatic heterocycles. The zero-order valence-corrected chi connectivity index (χ0v) is 19.6. The van der Waals surface area contributed by atoms with Crippen LogP contribution in [0.3, 0.4) is 0 Å². The summed E-state index contributed by atoms with van der Waals surface area (Å²) in [4.78, 5) is 22.9. The van der Waals surface area contributed by atoms with Crippen LogP contribution in [0.1, 0.15) is 31.1 Å². The summed E-state index contributed by atoms with van der Waals surface area (Å²) < 4.78 is 32.9. The Kier molecular flexibility index (Phi) is 8.16. The maximum Gasteiger partial charge on any atom is 0.308 e. The molecule has 0 radical (unpaired) electrons. The van der Waals surface area contributed by atoms with Gasteiger partial charge in [0.2, 0.25) is 0 Å². The third kappa shape index (κ3) is 5.96. The molecule has 0 aromatic heterocycles. The summed E-state index contributed by atoms with van der Waals surface area (Å²) in [5, 5.41) is 0. The van der Waals surface area contributed by atoms with Crippen LogP contribution in [0.2, 0.25) is 0 Å². The van der Waals surface area contributed by atoms with Gasteiger partial charge >= 0.3 is 11.9 Å². The number of rotatable bonds is 9. The van der Waals surface area contributed by atoms with Gasteiger partial charge in [0, 0.05) is 19.8 Å². The minimum Gasteiger partial charge on any atom is -0.493 e. The number of methoxy groups -OCH3 is 3. The van der Waals surface area contributed by atoms with Gasteiger partial charge < -0.3 is 28.4 Å². The Morgan fingerprint density at radius 1 is 0.879 bits per heavy atom. The first kappa shape index (κ1) is 24.4. The lowest BCUT2D eigenvalue weighted by atomic mass is 9.84. The summed E-state index contributed by atoms with van der Waals surface area (Å²) in [6, 6.07) is 11.1. The molecular formula is C25H30O8. The van der Waals surface area contributed by atoms with Crippen LogP contribution in [0.4, 0.5) is 0 Å². The first-order valence-corrected chi connectivity index (χ1v) is 10.7. The van der Waals surface area contributed by atoms with Crippen molar-refractivity contribution < 1.29 is 38.0 Å². The molecule has 33 heavy (non-hydrogen) atoms. The van der Waals surface area contributed by atoms with Crippen LogP contribution < -0.4 is 18.9 Å². The third-order valence-corrected chi connectivity index (χ3v) is 5.68. The molecule has 8 nitrogen and oxygen atoms in total. The van der Waals surface area contributed by atoms with Gasteiger partial charge in [-0.05, 0) is 47.7 Å². The van der Waals surface area contributed by atoms with Gasteiger partial charge in [0.1, 0.15) is 0 Å². The molecule has 3 atom stereocenters. The summed E-state index contributed by atoms with van der Waals surface area (Å²) >= 11 is 0. The van der Waals surface area contributed by atoms with Gasteiger partial charge in [-0.3, -0.25) is 9.59 Å². The molecule has 3 unspecified atom stereocenters. The Balaban J connectivity index is 1.84. The lowest BCUT2D eigenvalue weighted by Crippen LogP contribution is -2.24. The van der Waals surface area contributed by atoms with Gasteiger partial charge in [-0.15, -0.1) is 0 Å². The maximum atomic E-state index is 11.5. The number of carbonyl (C=O) groups is 2.